The maximum Gasteiger partial charge on any atom is 0.0436 e. The average Bonchev–Trinajstić information content (AvgIpc) is 2.46. The highest BCUT2D eigenvalue weighted by molar-refractivity contribution is 9.10. The van der Waals surface area contributed by atoms with Gasteiger partial charge in [-0.2, -0.15) is 0 Å². The zero-order chi connectivity index (χ0) is 14.8. The molecule has 1 atom stereocenters. The Balaban J connectivity index is 1.86. The predicted molar refractivity (Wildman–Crippen MR) is 98.5 cm³/mol. The van der Waals surface area contributed by atoms with E-state index in [1.165, 1.54) is 21.9 Å². The molecule has 0 aliphatic carbocycles. The Morgan fingerprint density at radius 2 is 1.67 bits per heavy atom. The molecule has 0 N–H and O–H groups in total. The molecule has 0 aliphatic heterocycles. The summed E-state index contributed by atoms with van der Waals surface area (Å²) in [4.78, 5) is 0.244. The van der Waals surface area contributed by atoms with Gasteiger partial charge in [0.25, 0.3) is 0 Å². The molecule has 3 aromatic rings. The Bertz CT molecular complexity index is 763. The van der Waals surface area contributed by atoms with Crippen molar-refractivity contribution in [3.63, 3.8) is 0 Å². The molecule has 0 aliphatic rings. The molecule has 0 saturated carbocycles. The molecule has 0 aromatic heterocycles. The molecule has 3 rings (SSSR count). The van der Waals surface area contributed by atoms with Crippen LogP contribution in [-0.4, -0.2) is 0 Å². The Labute approximate surface area is 146 Å². The van der Waals surface area contributed by atoms with Crippen LogP contribution in [-0.2, 0) is 6.42 Å². The Morgan fingerprint density at radius 3 is 2.43 bits per heavy atom. The van der Waals surface area contributed by atoms with Crippen molar-refractivity contribution in [3.8, 4) is 0 Å². The summed E-state index contributed by atoms with van der Waals surface area (Å²) in [6.45, 7) is 0. The number of fused-ring (bicyclic) bond motifs is 1. The minimum Gasteiger partial charge on any atom is -0.0843 e. The van der Waals surface area contributed by atoms with Gasteiger partial charge in [-0.05, 0) is 46.5 Å². The fraction of sp³-hybridized carbons (Fsp3) is 0.111. The van der Waals surface area contributed by atoms with Crippen LogP contribution in [0, 0.1) is 0 Å². The highest BCUT2D eigenvalue weighted by Gasteiger charge is 2.10. The monoisotopic (exact) mass is 422 g/mol. The smallest absolute Gasteiger partial charge is 0.0436 e. The molecule has 1 unspecified atom stereocenters. The highest BCUT2D eigenvalue weighted by atomic mass is 79.9. The number of halogens is 3. The van der Waals surface area contributed by atoms with Crippen LogP contribution >= 0.6 is 43.5 Å². The van der Waals surface area contributed by atoms with E-state index < -0.39 is 0 Å². The standard InChI is InChI=1S/C18H13Br2Cl/c19-16-9-15(10-17(21)11-16)18(20)8-12-5-6-13-3-1-2-4-14(13)7-12/h1-7,9-11,18H,8H2. The van der Waals surface area contributed by atoms with E-state index in [0.717, 1.165) is 15.9 Å². The molecule has 0 saturated heterocycles. The first-order valence-corrected chi connectivity index (χ1v) is 8.78. The molecule has 3 aromatic carbocycles. The minimum atomic E-state index is 0.244. The van der Waals surface area contributed by atoms with Gasteiger partial charge in [-0.15, -0.1) is 0 Å². The van der Waals surface area contributed by atoms with E-state index >= 15 is 0 Å². The highest BCUT2D eigenvalue weighted by Crippen LogP contribution is 2.32. The van der Waals surface area contributed by atoms with Gasteiger partial charge in [0, 0.05) is 14.3 Å². The lowest BCUT2D eigenvalue weighted by Gasteiger charge is -2.12. The summed E-state index contributed by atoms with van der Waals surface area (Å²) in [5.74, 6) is 0. The molecular formula is C18H13Br2Cl. The van der Waals surface area contributed by atoms with Crippen LogP contribution in [0.25, 0.3) is 10.8 Å². The van der Waals surface area contributed by atoms with Gasteiger partial charge < -0.3 is 0 Å². The third-order valence-electron chi connectivity index (χ3n) is 3.48. The van der Waals surface area contributed by atoms with Gasteiger partial charge in [-0.25, -0.2) is 0 Å². The maximum atomic E-state index is 6.12. The molecule has 0 amide bonds. The van der Waals surface area contributed by atoms with Crippen molar-refractivity contribution in [2.45, 2.75) is 11.2 Å². The van der Waals surface area contributed by atoms with E-state index in [4.69, 9.17) is 11.6 Å². The molecule has 3 heteroatoms. The molecular weight excluding hydrogens is 411 g/mol. The largest absolute Gasteiger partial charge is 0.0843 e. The van der Waals surface area contributed by atoms with E-state index in [1.54, 1.807) is 0 Å². The van der Waals surface area contributed by atoms with Crippen molar-refractivity contribution in [2.24, 2.45) is 0 Å². The number of rotatable bonds is 3. The van der Waals surface area contributed by atoms with Crippen LogP contribution in [0.2, 0.25) is 5.02 Å². The summed E-state index contributed by atoms with van der Waals surface area (Å²) in [6, 6.07) is 21.1. The predicted octanol–water partition coefficient (Wildman–Crippen LogP) is 6.93. The Kier molecular flexibility index (Phi) is 4.68. The fourth-order valence-corrected chi connectivity index (χ4v) is 3.97. The molecule has 106 valence electrons. The summed E-state index contributed by atoms with van der Waals surface area (Å²) >= 11 is 13.4. The molecule has 0 spiro atoms. The molecule has 0 heterocycles. The lowest BCUT2D eigenvalue weighted by Crippen LogP contribution is -1.96. The second-order valence-corrected chi connectivity index (χ2v) is 7.51. The summed E-state index contributed by atoms with van der Waals surface area (Å²) in [5.41, 5.74) is 2.49. The second kappa shape index (κ2) is 6.51. The third kappa shape index (κ3) is 3.68. The maximum absolute atomic E-state index is 6.12. The third-order valence-corrected chi connectivity index (χ3v) is 5.00. The summed E-state index contributed by atoms with van der Waals surface area (Å²) < 4.78 is 1.01. The van der Waals surface area contributed by atoms with Gasteiger partial charge in [0.05, 0.1) is 0 Å². The molecule has 0 nitrogen and oxygen atoms in total. The Hall–Kier alpha value is -0.830. The van der Waals surface area contributed by atoms with Gasteiger partial charge in [0.2, 0.25) is 0 Å². The van der Waals surface area contributed by atoms with Gasteiger partial charge in [0.15, 0.2) is 0 Å². The van der Waals surface area contributed by atoms with Crippen LogP contribution < -0.4 is 0 Å². The van der Waals surface area contributed by atoms with Crippen LogP contribution in [0.3, 0.4) is 0 Å². The average molecular weight is 425 g/mol. The number of alkyl halides is 1. The van der Waals surface area contributed by atoms with Gasteiger partial charge in [-0.3, -0.25) is 0 Å². The van der Waals surface area contributed by atoms with Crippen LogP contribution in [0.5, 0.6) is 0 Å². The summed E-state index contributed by atoms with van der Waals surface area (Å²) in [6.07, 6.45) is 0.928. The van der Waals surface area contributed by atoms with Crippen LogP contribution in [0.1, 0.15) is 16.0 Å². The van der Waals surface area contributed by atoms with Crippen molar-refractivity contribution in [2.75, 3.05) is 0 Å². The SMILES string of the molecule is Clc1cc(Br)cc(C(Br)Cc2ccc3ccccc3c2)c1. The van der Waals surface area contributed by atoms with Gasteiger partial charge >= 0.3 is 0 Å². The van der Waals surface area contributed by atoms with Crippen molar-refractivity contribution < 1.29 is 0 Å². The number of hydrogen-bond donors (Lipinski definition) is 0. The molecule has 21 heavy (non-hydrogen) atoms. The number of hydrogen-bond acceptors (Lipinski definition) is 0. The van der Waals surface area contributed by atoms with Crippen molar-refractivity contribution in [1.29, 1.82) is 0 Å². The van der Waals surface area contributed by atoms with Crippen LogP contribution in [0.15, 0.2) is 65.1 Å². The zero-order valence-electron chi connectivity index (χ0n) is 11.2. The van der Waals surface area contributed by atoms with Crippen molar-refractivity contribution in [1.82, 2.24) is 0 Å². The van der Waals surface area contributed by atoms with Crippen LogP contribution in [0.4, 0.5) is 0 Å². The molecule has 0 fully saturated rings. The first kappa shape index (κ1) is 15.1. The molecule has 0 bridgehead atoms. The zero-order valence-corrected chi connectivity index (χ0v) is 15.1. The normalized spacial score (nSPS) is 12.5. The van der Waals surface area contributed by atoms with Gasteiger partial charge in [0.1, 0.15) is 0 Å². The first-order chi connectivity index (χ1) is 10.1. The number of benzene rings is 3. The van der Waals surface area contributed by atoms with E-state index in [1.807, 2.05) is 12.1 Å². The summed E-state index contributed by atoms with van der Waals surface area (Å²) in [5, 5.41) is 3.31. The van der Waals surface area contributed by atoms with E-state index in [9.17, 15) is 0 Å². The topological polar surface area (TPSA) is 0 Å². The quantitative estimate of drug-likeness (QED) is 0.400. The van der Waals surface area contributed by atoms with Crippen molar-refractivity contribution in [3.05, 3.63) is 81.3 Å². The Morgan fingerprint density at radius 1 is 0.905 bits per heavy atom. The second-order valence-electron chi connectivity index (χ2n) is 5.06. The minimum absolute atomic E-state index is 0.244. The summed E-state index contributed by atoms with van der Waals surface area (Å²) in [7, 11) is 0. The van der Waals surface area contributed by atoms with Gasteiger partial charge in [-0.1, -0.05) is 85.9 Å². The lowest BCUT2D eigenvalue weighted by atomic mass is 10.0. The van der Waals surface area contributed by atoms with E-state index in [2.05, 4.69) is 80.4 Å². The van der Waals surface area contributed by atoms with E-state index in [-0.39, 0.29) is 4.83 Å². The van der Waals surface area contributed by atoms with Crippen molar-refractivity contribution >= 4 is 54.2 Å². The van der Waals surface area contributed by atoms with E-state index in [0.29, 0.717) is 0 Å². The molecule has 0 radical (unpaired) electrons. The lowest BCUT2D eigenvalue weighted by molar-refractivity contribution is 0.950. The first-order valence-electron chi connectivity index (χ1n) is 6.69. The fourth-order valence-electron chi connectivity index (χ4n) is 2.45.